The van der Waals surface area contributed by atoms with Gasteiger partial charge in [0.15, 0.2) is 0 Å². The molecule has 0 saturated carbocycles. The van der Waals surface area contributed by atoms with Crippen molar-refractivity contribution in [3.8, 4) is 6.07 Å². The van der Waals surface area contributed by atoms with Gasteiger partial charge in [0.1, 0.15) is 12.4 Å². The van der Waals surface area contributed by atoms with Gasteiger partial charge in [-0.3, -0.25) is 4.90 Å². The summed E-state index contributed by atoms with van der Waals surface area (Å²) >= 11 is 6.28. The maximum Gasteiger partial charge on any atom is 0.224 e. The van der Waals surface area contributed by atoms with E-state index in [1.165, 1.54) is 0 Å². The number of nitrogens with zero attached hydrogens (tertiary/aromatic N) is 5. The van der Waals surface area contributed by atoms with Gasteiger partial charge in [-0.2, -0.15) is 5.26 Å². The van der Waals surface area contributed by atoms with Crippen LogP contribution in [0.1, 0.15) is 24.1 Å². The van der Waals surface area contributed by atoms with Crippen molar-refractivity contribution in [1.29, 1.82) is 5.26 Å². The van der Waals surface area contributed by atoms with Crippen LogP contribution >= 0.6 is 11.6 Å². The molecule has 2 heterocycles. The molecule has 0 bridgehead atoms. The minimum atomic E-state index is 0.00472. The van der Waals surface area contributed by atoms with Gasteiger partial charge in [-0.15, -0.1) is 0 Å². The lowest BCUT2D eigenvalue weighted by molar-refractivity contribution is 0.217. The summed E-state index contributed by atoms with van der Waals surface area (Å²) in [5, 5.41) is 9.34. The summed E-state index contributed by atoms with van der Waals surface area (Å²) in [5.41, 5.74) is 2.73. The van der Waals surface area contributed by atoms with Crippen LogP contribution in [0.2, 0.25) is 5.28 Å². The second kappa shape index (κ2) is 8.76. The van der Waals surface area contributed by atoms with E-state index in [4.69, 9.17) is 21.6 Å². The van der Waals surface area contributed by atoms with E-state index in [0.717, 1.165) is 55.1 Å². The van der Waals surface area contributed by atoms with E-state index >= 15 is 0 Å². The van der Waals surface area contributed by atoms with Gasteiger partial charge in [0, 0.05) is 37.2 Å². The second-order valence-electron chi connectivity index (χ2n) is 7.27. The summed E-state index contributed by atoms with van der Waals surface area (Å²) in [6.45, 7) is 14.9. The van der Waals surface area contributed by atoms with Crippen molar-refractivity contribution in [3.05, 3.63) is 48.1 Å². The Bertz CT molecular complexity index is 831. The van der Waals surface area contributed by atoms with Crippen molar-refractivity contribution in [3.63, 3.8) is 0 Å². The minimum absolute atomic E-state index is 0.00472. The molecule has 1 aromatic heterocycles. The molecule has 148 valence electrons. The van der Waals surface area contributed by atoms with Crippen LogP contribution in [-0.4, -0.2) is 54.2 Å². The molecule has 0 N–H and O–H groups in total. The number of hydrogen-bond donors (Lipinski definition) is 0. The Morgan fingerprint density at radius 3 is 2.93 bits per heavy atom. The summed E-state index contributed by atoms with van der Waals surface area (Å²) in [6, 6.07) is 2.46. The molecule has 1 saturated heterocycles. The number of nitriles is 1. The average molecular weight is 400 g/mol. The molecular formula is C21H26ClN5O. The predicted molar refractivity (Wildman–Crippen MR) is 112 cm³/mol. The Labute approximate surface area is 171 Å². The first-order chi connectivity index (χ1) is 13.5. The third-order valence-electron chi connectivity index (χ3n) is 5.54. The van der Waals surface area contributed by atoms with Gasteiger partial charge in [-0.25, -0.2) is 9.97 Å². The van der Waals surface area contributed by atoms with Crippen molar-refractivity contribution >= 4 is 23.0 Å². The fourth-order valence-corrected chi connectivity index (χ4v) is 4.08. The number of halogens is 1. The van der Waals surface area contributed by atoms with Crippen LogP contribution in [0.3, 0.4) is 0 Å². The summed E-state index contributed by atoms with van der Waals surface area (Å²) in [5.74, 6) is 1.55. The van der Waals surface area contributed by atoms with Crippen LogP contribution in [-0.2, 0) is 11.2 Å². The zero-order chi connectivity index (χ0) is 20.3. The first kappa shape index (κ1) is 20.4. The lowest BCUT2D eigenvalue weighted by atomic mass is 9.82. The van der Waals surface area contributed by atoms with E-state index < -0.39 is 0 Å². The maximum absolute atomic E-state index is 9.13. The standard InChI is InChI=1S/C21H26ClN5O/c1-5-12-28-15(3)17-6-7-18-19(14(17)2)24-21(22)25-20(18)27-11-10-26(4)16(13-27)8-9-23/h5,16-17H,1-3,6-8,10-13H2,4H3. The second-order valence-corrected chi connectivity index (χ2v) is 7.61. The molecule has 3 rings (SSSR count). The van der Waals surface area contributed by atoms with Gasteiger partial charge in [0.05, 0.1) is 23.9 Å². The van der Waals surface area contributed by atoms with Gasteiger partial charge in [-0.05, 0) is 37.1 Å². The highest BCUT2D eigenvalue weighted by molar-refractivity contribution is 6.28. The van der Waals surface area contributed by atoms with Crippen molar-refractivity contribution in [2.45, 2.75) is 25.3 Å². The number of likely N-dealkylation sites (N-methyl/N-ethyl adjacent to an activating group) is 1. The fourth-order valence-electron chi connectivity index (χ4n) is 3.92. The van der Waals surface area contributed by atoms with Gasteiger partial charge in [0.25, 0.3) is 0 Å². The Kier molecular flexibility index (Phi) is 6.38. The molecule has 1 fully saturated rings. The van der Waals surface area contributed by atoms with E-state index in [1.54, 1.807) is 6.08 Å². The zero-order valence-electron chi connectivity index (χ0n) is 16.3. The minimum Gasteiger partial charge on any atom is -0.494 e. The molecule has 0 aromatic carbocycles. The largest absolute Gasteiger partial charge is 0.494 e. The van der Waals surface area contributed by atoms with E-state index in [-0.39, 0.29) is 17.2 Å². The van der Waals surface area contributed by atoms with Crippen LogP contribution in [0.4, 0.5) is 5.82 Å². The first-order valence-corrected chi connectivity index (χ1v) is 9.84. The number of piperazine rings is 1. The van der Waals surface area contributed by atoms with Crippen LogP contribution in [0.15, 0.2) is 31.6 Å². The van der Waals surface area contributed by atoms with Crippen molar-refractivity contribution < 1.29 is 4.74 Å². The SMILES string of the molecule is C=CCOC(=C)C1CCc2c(nc(Cl)nc2N2CCN(C)C(CC#N)C2)C1=C. The molecule has 1 aromatic rings. The van der Waals surface area contributed by atoms with Crippen LogP contribution in [0.25, 0.3) is 5.57 Å². The van der Waals surface area contributed by atoms with Crippen molar-refractivity contribution in [2.75, 3.05) is 38.2 Å². The third-order valence-corrected chi connectivity index (χ3v) is 5.71. The number of allylic oxidation sites excluding steroid dienone is 1. The van der Waals surface area contributed by atoms with Gasteiger partial charge >= 0.3 is 0 Å². The molecular weight excluding hydrogens is 374 g/mol. The molecule has 0 radical (unpaired) electrons. The molecule has 0 amide bonds. The number of aromatic nitrogens is 2. The first-order valence-electron chi connectivity index (χ1n) is 9.46. The molecule has 1 aliphatic carbocycles. The van der Waals surface area contributed by atoms with Crippen LogP contribution in [0.5, 0.6) is 0 Å². The number of ether oxygens (including phenoxy) is 1. The Balaban J connectivity index is 1.89. The highest BCUT2D eigenvalue weighted by Crippen LogP contribution is 2.41. The fraction of sp³-hybridized carbons (Fsp3) is 0.476. The van der Waals surface area contributed by atoms with Gasteiger partial charge < -0.3 is 9.64 Å². The van der Waals surface area contributed by atoms with E-state index in [0.29, 0.717) is 18.8 Å². The smallest absolute Gasteiger partial charge is 0.224 e. The van der Waals surface area contributed by atoms with E-state index in [2.05, 4.69) is 52.6 Å². The normalized spacial score (nSPS) is 22.3. The quantitative estimate of drug-likeness (QED) is 0.414. The lowest BCUT2D eigenvalue weighted by Gasteiger charge is -2.40. The number of anilines is 1. The lowest BCUT2D eigenvalue weighted by Crippen LogP contribution is -2.52. The van der Waals surface area contributed by atoms with Crippen molar-refractivity contribution in [2.24, 2.45) is 5.92 Å². The van der Waals surface area contributed by atoms with Crippen LogP contribution < -0.4 is 4.90 Å². The number of fused-ring (bicyclic) bond motifs is 1. The number of hydrogen-bond acceptors (Lipinski definition) is 6. The topological polar surface area (TPSA) is 65.3 Å². The number of rotatable bonds is 6. The summed E-state index contributed by atoms with van der Waals surface area (Å²) < 4.78 is 5.65. The van der Waals surface area contributed by atoms with Gasteiger partial charge in [-0.1, -0.05) is 25.8 Å². The average Bonchev–Trinajstić information content (AvgIpc) is 2.68. The van der Waals surface area contributed by atoms with E-state index in [9.17, 15) is 0 Å². The molecule has 7 heteroatoms. The maximum atomic E-state index is 9.13. The Hall–Kier alpha value is -2.36. The molecule has 2 atom stereocenters. The zero-order valence-corrected chi connectivity index (χ0v) is 17.1. The molecule has 28 heavy (non-hydrogen) atoms. The molecule has 0 spiro atoms. The van der Waals surface area contributed by atoms with Crippen LogP contribution in [0, 0.1) is 17.2 Å². The Morgan fingerprint density at radius 2 is 2.21 bits per heavy atom. The van der Waals surface area contributed by atoms with Crippen molar-refractivity contribution in [1.82, 2.24) is 14.9 Å². The predicted octanol–water partition coefficient (Wildman–Crippen LogP) is 3.46. The summed E-state index contributed by atoms with van der Waals surface area (Å²) in [7, 11) is 2.06. The summed E-state index contributed by atoms with van der Waals surface area (Å²) in [4.78, 5) is 13.5. The Morgan fingerprint density at radius 1 is 1.43 bits per heavy atom. The molecule has 2 aliphatic rings. The van der Waals surface area contributed by atoms with Gasteiger partial charge in [0.2, 0.25) is 5.28 Å². The third kappa shape index (κ3) is 4.06. The summed E-state index contributed by atoms with van der Waals surface area (Å²) in [6.07, 6.45) is 3.84. The molecule has 1 aliphatic heterocycles. The molecule has 6 nitrogen and oxygen atoms in total. The highest BCUT2D eigenvalue weighted by Gasteiger charge is 2.33. The monoisotopic (exact) mass is 399 g/mol. The van der Waals surface area contributed by atoms with E-state index in [1.807, 2.05) is 0 Å². The molecule has 2 unspecified atom stereocenters. The highest BCUT2D eigenvalue weighted by atomic mass is 35.5.